The predicted octanol–water partition coefficient (Wildman–Crippen LogP) is 7.13. The summed E-state index contributed by atoms with van der Waals surface area (Å²) in [5, 5.41) is 0.717. The van der Waals surface area contributed by atoms with Crippen LogP contribution in [0.15, 0.2) is 66.4 Å². The summed E-state index contributed by atoms with van der Waals surface area (Å²) in [4.78, 5) is 25.2. The predicted molar refractivity (Wildman–Crippen MR) is 126 cm³/mol. The summed E-state index contributed by atoms with van der Waals surface area (Å²) in [5.74, 6) is -0.0652. The Balaban J connectivity index is 1.53. The quantitative estimate of drug-likeness (QED) is 0.234. The second-order valence-corrected chi connectivity index (χ2v) is 9.24. The lowest BCUT2D eigenvalue weighted by atomic mass is 9.87. The molecule has 0 atom stereocenters. The number of carbonyl (C=O) groups is 2. The van der Waals surface area contributed by atoms with Crippen molar-refractivity contribution in [2.24, 2.45) is 0 Å². The fraction of sp³-hybridized carbons (Fsp3) is 0.154. The minimum absolute atomic E-state index is 0.00711. The number of ether oxygens (including phenoxy) is 2. The summed E-state index contributed by atoms with van der Waals surface area (Å²) < 4.78 is 11.2. The van der Waals surface area contributed by atoms with E-state index in [1.807, 2.05) is 12.1 Å². The first kappa shape index (κ1) is 22.1. The Bertz CT molecular complexity index is 1250. The van der Waals surface area contributed by atoms with Gasteiger partial charge < -0.3 is 9.47 Å². The molecule has 0 unspecified atom stereocenters. The molecular weight excluding hydrogens is 447 g/mol. The van der Waals surface area contributed by atoms with Crippen molar-refractivity contribution < 1.29 is 19.1 Å². The maximum atomic E-state index is 12.7. The molecule has 0 radical (unpaired) electrons. The van der Waals surface area contributed by atoms with E-state index in [0.29, 0.717) is 32.5 Å². The number of benzene rings is 3. The fourth-order valence-electron chi connectivity index (χ4n) is 3.28. The van der Waals surface area contributed by atoms with Crippen molar-refractivity contribution in [2.75, 3.05) is 0 Å². The SMILES string of the molecule is CC(C)(C)c1ccc(C(=O)Oc2ccc3c(c2)OC(=Cc2cccc(Cl)c2Cl)C3=O)cc1. The van der Waals surface area contributed by atoms with Crippen LogP contribution in [0.25, 0.3) is 6.08 Å². The molecule has 4 nitrogen and oxygen atoms in total. The first-order valence-electron chi connectivity index (χ1n) is 9.98. The summed E-state index contributed by atoms with van der Waals surface area (Å²) in [7, 11) is 0. The van der Waals surface area contributed by atoms with Crippen molar-refractivity contribution in [1.82, 2.24) is 0 Å². The highest BCUT2D eigenvalue weighted by Crippen LogP contribution is 2.36. The molecule has 0 spiro atoms. The van der Waals surface area contributed by atoms with Crippen LogP contribution in [-0.4, -0.2) is 11.8 Å². The molecule has 32 heavy (non-hydrogen) atoms. The van der Waals surface area contributed by atoms with Gasteiger partial charge in [-0.1, -0.05) is 68.2 Å². The molecular formula is C26H20Cl2O4. The summed E-state index contributed by atoms with van der Waals surface area (Å²) in [5.41, 5.74) is 2.50. The lowest BCUT2D eigenvalue weighted by molar-refractivity contribution is 0.0734. The first-order valence-corrected chi connectivity index (χ1v) is 10.7. The number of fused-ring (bicyclic) bond motifs is 1. The van der Waals surface area contributed by atoms with Crippen LogP contribution in [0.5, 0.6) is 11.5 Å². The number of ketones is 1. The maximum Gasteiger partial charge on any atom is 0.343 e. The largest absolute Gasteiger partial charge is 0.452 e. The summed E-state index contributed by atoms with van der Waals surface area (Å²) >= 11 is 12.2. The van der Waals surface area contributed by atoms with E-state index in [-0.39, 0.29) is 22.7 Å². The van der Waals surface area contributed by atoms with Crippen LogP contribution in [0.2, 0.25) is 10.0 Å². The van der Waals surface area contributed by atoms with Gasteiger partial charge in [0, 0.05) is 6.07 Å². The number of hydrogen-bond acceptors (Lipinski definition) is 4. The first-order chi connectivity index (χ1) is 15.1. The standard InChI is InChI=1S/C26H20Cl2O4/c1-26(2,3)17-9-7-15(8-10-17)25(30)31-18-11-12-19-21(14-18)32-22(24(19)29)13-16-5-4-6-20(27)23(16)28/h4-14H,1-3H3. The number of halogens is 2. The van der Waals surface area contributed by atoms with Gasteiger partial charge in [-0.05, 0) is 52.9 Å². The van der Waals surface area contributed by atoms with Crippen LogP contribution in [0.4, 0.5) is 0 Å². The third kappa shape index (κ3) is 4.43. The molecule has 1 heterocycles. The highest BCUT2D eigenvalue weighted by molar-refractivity contribution is 6.43. The Morgan fingerprint density at radius 3 is 2.41 bits per heavy atom. The van der Waals surface area contributed by atoms with Gasteiger partial charge in [-0.25, -0.2) is 4.79 Å². The van der Waals surface area contributed by atoms with Crippen molar-refractivity contribution in [1.29, 1.82) is 0 Å². The van der Waals surface area contributed by atoms with Gasteiger partial charge in [-0.3, -0.25) is 4.79 Å². The smallest absolute Gasteiger partial charge is 0.343 e. The van der Waals surface area contributed by atoms with Crippen LogP contribution in [0, 0.1) is 0 Å². The third-order valence-corrected chi connectivity index (χ3v) is 5.94. The molecule has 6 heteroatoms. The third-order valence-electron chi connectivity index (χ3n) is 5.11. The molecule has 0 N–H and O–H groups in total. The molecule has 3 aromatic carbocycles. The summed E-state index contributed by atoms with van der Waals surface area (Å²) in [6.45, 7) is 6.32. The van der Waals surface area contributed by atoms with Gasteiger partial charge in [-0.15, -0.1) is 0 Å². The van der Waals surface area contributed by atoms with E-state index in [2.05, 4.69) is 20.8 Å². The molecule has 0 aromatic heterocycles. The number of allylic oxidation sites excluding steroid dienone is 1. The molecule has 0 fully saturated rings. The molecule has 1 aliphatic rings. The van der Waals surface area contributed by atoms with Crippen molar-refractivity contribution in [3.05, 3.63) is 98.7 Å². The molecule has 1 aliphatic heterocycles. The van der Waals surface area contributed by atoms with Gasteiger partial charge in [0.15, 0.2) is 5.76 Å². The zero-order valence-corrected chi connectivity index (χ0v) is 19.3. The number of carbonyl (C=O) groups excluding carboxylic acids is 2. The molecule has 0 saturated carbocycles. The van der Waals surface area contributed by atoms with Crippen LogP contribution < -0.4 is 9.47 Å². The van der Waals surface area contributed by atoms with Gasteiger partial charge in [0.1, 0.15) is 11.5 Å². The molecule has 3 aromatic rings. The van der Waals surface area contributed by atoms with E-state index >= 15 is 0 Å². The zero-order valence-electron chi connectivity index (χ0n) is 17.7. The van der Waals surface area contributed by atoms with E-state index < -0.39 is 5.97 Å². The average Bonchev–Trinajstić information content (AvgIpc) is 3.05. The van der Waals surface area contributed by atoms with Gasteiger partial charge in [-0.2, -0.15) is 0 Å². The molecule has 0 amide bonds. The van der Waals surface area contributed by atoms with E-state index in [0.717, 1.165) is 5.56 Å². The zero-order chi connectivity index (χ0) is 23.0. The summed E-state index contributed by atoms with van der Waals surface area (Å²) in [6, 6.07) is 17.1. The Kier molecular flexibility index (Phi) is 5.85. The lowest BCUT2D eigenvalue weighted by Crippen LogP contribution is -2.12. The molecule has 0 saturated heterocycles. The summed E-state index contributed by atoms with van der Waals surface area (Å²) in [6.07, 6.45) is 1.54. The molecule has 0 aliphatic carbocycles. The average molecular weight is 467 g/mol. The highest BCUT2D eigenvalue weighted by Gasteiger charge is 2.28. The highest BCUT2D eigenvalue weighted by atomic mass is 35.5. The second-order valence-electron chi connectivity index (χ2n) is 8.46. The lowest BCUT2D eigenvalue weighted by Gasteiger charge is -2.18. The topological polar surface area (TPSA) is 52.6 Å². The van der Waals surface area contributed by atoms with E-state index in [1.54, 1.807) is 48.5 Å². The minimum atomic E-state index is -0.490. The van der Waals surface area contributed by atoms with Crippen molar-refractivity contribution in [2.45, 2.75) is 26.2 Å². The van der Waals surface area contributed by atoms with Gasteiger partial charge in [0.05, 0.1) is 21.2 Å². The number of hydrogen-bond donors (Lipinski definition) is 0. The Morgan fingerprint density at radius 1 is 1.00 bits per heavy atom. The van der Waals surface area contributed by atoms with Gasteiger partial charge in [0.25, 0.3) is 0 Å². The number of rotatable bonds is 3. The van der Waals surface area contributed by atoms with E-state index in [4.69, 9.17) is 32.7 Å². The molecule has 0 bridgehead atoms. The second kappa shape index (κ2) is 8.45. The van der Waals surface area contributed by atoms with Gasteiger partial charge in [0.2, 0.25) is 5.78 Å². The van der Waals surface area contributed by atoms with Crippen molar-refractivity contribution in [3.8, 4) is 11.5 Å². The van der Waals surface area contributed by atoms with Crippen molar-refractivity contribution in [3.63, 3.8) is 0 Å². The van der Waals surface area contributed by atoms with Crippen molar-refractivity contribution >= 4 is 41.0 Å². The normalized spacial score (nSPS) is 14.3. The van der Waals surface area contributed by atoms with Crippen LogP contribution in [0.3, 0.4) is 0 Å². The maximum absolute atomic E-state index is 12.7. The fourth-order valence-corrected chi connectivity index (χ4v) is 3.64. The van der Waals surface area contributed by atoms with Crippen LogP contribution in [0.1, 0.15) is 52.6 Å². The Hall–Kier alpha value is -3.08. The van der Waals surface area contributed by atoms with E-state index in [1.165, 1.54) is 6.07 Å². The molecule has 4 rings (SSSR count). The monoisotopic (exact) mass is 466 g/mol. The Morgan fingerprint density at radius 2 is 1.72 bits per heavy atom. The van der Waals surface area contributed by atoms with E-state index in [9.17, 15) is 9.59 Å². The van der Waals surface area contributed by atoms with Crippen LogP contribution >= 0.6 is 23.2 Å². The molecule has 162 valence electrons. The number of Topliss-reactive ketones (excluding diaryl/α,β-unsaturated/α-hetero) is 1. The van der Waals surface area contributed by atoms with Crippen LogP contribution in [-0.2, 0) is 5.41 Å². The van der Waals surface area contributed by atoms with Gasteiger partial charge >= 0.3 is 5.97 Å². The Labute approximate surface area is 196 Å². The minimum Gasteiger partial charge on any atom is -0.452 e. The number of esters is 1.